The quantitative estimate of drug-likeness (QED) is 0.611. The van der Waals surface area contributed by atoms with Crippen LogP contribution in [-0.2, 0) is 4.79 Å². The maximum absolute atomic E-state index is 11.7. The van der Waals surface area contributed by atoms with E-state index in [0.29, 0.717) is 11.9 Å². The first kappa shape index (κ1) is 10.6. The summed E-state index contributed by atoms with van der Waals surface area (Å²) in [5.41, 5.74) is 0. The zero-order chi connectivity index (χ0) is 10.0. The predicted octanol–water partition coefficient (Wildman–Crippen LogP) is 2.29. The Hall–Kier alpha value is -0.530. The normalized spacial score (nSPS) is 29.5. The minimum atomic E-state index is 0.149. The van der Waals surface area contributed by atoms with Crippen molar-refractivity contribution < 1.29 is 4.79 Å². The number of piperidine rings is 1. The number of hydrogen-bond donors (Lipinski definition) is 0. The molecule has 76 valence electrons. The first-order valence-electron chi connectivity index (χ1n) is 5.32. The summed E-state index contributed by atoms with van der Waals surface area (Å²) in [6, 6.07) is 0.443. The summed E-state index contributed by atoms with van der Waals surface area (Å²) in [5.74, 6) is 1.25. The molecule has 0 N–H and O–H groups in total. The summed E-state index contributed by atoms with van der Waals surface area (Å²) in [4.78, 5) is 13.8. The van der Waals surface area contributed by atoms with Crippen LogP contribution in [0.25, 0.3) is 0 Å². The molecule has 2 atom stereocenters. The van der Waals surface area contributed by atoms with Gasteiger partial charge in [0, 0.05) is 18.5 Å². The molecule has 0 spiro atoms. The van der Waals surface area contributed by atoms with Crippen molar-refractivity contribution in [1.29, 1.82) is 0 Å². The molecule has 0 aromatic rings. The molecule has 0 saturated carbocycles. The standard InChI is InChI=1S/C11H21NO/c1-8(2)11(13)12-6-5-9(3)7-10(12)4/h8-10H,5-7H2,1-4H3/t9-,10-/m0/s1. The van der Waals surface area contributed by atoms with Gasteiger partial charge < -0.3 is 4.90 Å². The molecule has 0 unspecified atom stereocenters. The first-order chi connectivity index (χ1) is 6.02. The highest BCUT2D eigenvalue weighted by Crippen LogP contribution is 2.23. The molecule has 2 heteroatoms. The molecule has 1 heterocycles. The summed E-state index contributed by atoms with van der Waals surface area (Å²) in [7, 11) is 0. The second-order valence-corrected chi connectivity index (χ2v) is 4.66. The molecule has 13 heavy (non-hydrogen) atoms. The number of amides is 1. The summed E-state index contributed by atoms with van der Waals surface area (Å²) >= 11 is 0. The number of hydrogen-bond acceptors (Lipinski definition) is 1. The molecule has 1 rings (SSSR count). The SMILES string of the molecule is CC(C)C(=O)N1CC[C@H](C)C[C@@H]1C. The van der Waals surface area contributed by atoms with E-state index in [4.69, 9.17) is 0 Å². The largest absolute Gasteiger partial charge is 0.340 e. The summed E-state index contributed by atoms with van der Waals surface area (Å²) in [6.07, 6.45) is 2.33. The third-order valence-corrected chi connectivity index (χ3v) is 2.92. The fourth-order valence-corrected chi connectivity index (χ4v) is 2.07. The van der Waals surface area contributed by atoms with E-state index in [1.165, 1.54) is 12.8 Å². The molecule has 1 saturated heterocycles. The van der Waals surface area contributed by atoms with E-state index < -0.39 is 0 Å². The van der Waals surface area contributed by atoms with Crippen molar-refractivity contribution >= 4 is 5.91 Å². The second kappa shape index (κ2) is 4.12. The topological polar surface area (TPSA) is 20.3 Å². The van der Waals surface area contributed by atoms with Gasteiger partial charge in [0.2, 0.25) is 5.91 Å². The maximum Gasteiger partial charge on any atom is 0.225 e. The lowest BCUT2D eigenvalue weighted by molar-refractivity contribution is -0.138. The Morgan fingerprint density at radius 3 is 2.46 bits per heavy atom. The average molecular weight is 183 g/mol. The molecule has 0 aliphatic carbocycles. The molecule has 1 aliphatic heterocycles. The minimum Gasteiger partial charge on any atom is -0.340 e. The fourth-order valence-electron chi connectivity index (χ4n) is 2.07. The number of nitrogens with zero attached hydrogens (tertiary/aromatic N) is 1. The summed E-state index contributed by atoms with van der Waals surface area (Å²) in [6.45, 7) is 9.35. The van der Waals surface area contributed by atoms with E-state index in [1.807, 2.05) is 18.7 Å². The van der Waals surface area contributed by atoms with Crippen molar-refractivity contribution in [3.63, 3.8) is 0 Å². The fraction of sp³-hybridized carbons (Fsp3) is 0.909. The number of likely N-dealkylation sites (tertiary alicyclic amines) is 1. The summed E-state index contributed by atoms with van der Waals surface area (Å²) < 4.78 is 0. The van der Waals surface area contributed by atoms with Crippen LogP contribution in [0.4, 0.5) is 0 Å². The lowest BCUT2D eigenvalue weighted by Gasteiger charge is -2.37. The van der Waals surface area contributed by atoms with E-state index in [1.54, 1.807) is 0 Å². The monoisotopic (exact) mass is 183 g/mol. The van der Waals surface area contributed by atoms with E-state index in [9.17, 15) is 4.79 Å². The van der Waals surface area contributed by atoms with Gasteiger partial charge in [-0.1, -0.05) is 20.8 Å². The predicted molar refractivity (Wildman–Crippen MR) is 54.4 cm³/mol. The van der Waals surface area contributed by atoms with Crippen molar-refractivity contribution in [2.75, 3.05) is 6.54 Å². The Morgan fingerprint density at radius 2 is 2.00 bits per heavy atom. The highest BCUT2D eigenvalue weighted by atomic mass is 16.2. The van der Waals surface area contributed by atoms with Crippen LogP contribution in [0, 0.1) is 11.8 Å². The third-order valence-electron chi connectivity index (χ3n) is 2.92. The zero-order valence-electron chi connectivity index (χ0n) is 9.21. The van der Waals surface area contributed by atoms with Crippen LogP contribution in [0.3, 0.4) is 0 Å². The third kappa shape index (κ3) is 2.45. The molecule has 0 aromatic carbocycles. The summed E-state index contributed by atoms with van der Waals surface area (Å²) in [5, 5.41) is 0. The zero-order valence-corrected chi connectivity index (χ0v) is 9.21. The van der Waals surface area contributed by atoms with Crippen molar-refractivity contribution in [3.05, 3.63) is 0 Å². The lowest BCUT2D eigenvalue weighted by atomic mass is 9.92. The van der Waals surface area contributed by atoms with Crippen LogP contribution >= 0.6 is 0 Å². The molecular weight excluding hydrogens is 162 g/mol. The van der Waals surface area contributed by atoms with E-state index in [0.717, 1.165) is 12.5 Å². The van der Waals surface area contributed by atoms with Gasteiger partial charge in [0.15, 0.2) is 0 Å². The van der Waals surface area contributed by atoms with E-state index in [2.05, 4.69) is 13.8 Å². The van der Waals surface area contributed by atoms with E-state index in [-0.39, 0.29) is 5.92 Å². The van der Waals surface area contributed by atoms with Crippen molar-refractivity contribution in [3.8, 4) is 0 Å². The van der Waals surface area contributed by atoms with Gasteiger partial charge in [-0.05, 0) is 25.7 Å². The lowest BCUT2D eigenvalue weighted by Crippen LogP contribution is -2.45. The van der Waals surface area contributed by atoms with Crippen LogP contribution in [0.1, 0.15) is 40.5 Å². The molecular formula is C11H21NO. The molecule has 0 bridgehead atoms. The average Bonchev–Trinajstić information content (AvgIpc) is 2.03. The van der Waals surface area contributed by atoms with Crippen LogP contribution in [0.5, 0.6) is 0 Å². The van der Waals surface area contributed by atoms with Gasteiger partial charge in [0.1, 0.15) is 0 Å². The molecule has 1 fully saturated rings. The van der Waals surface area contributed by atoms with Crippen LogP contribution < -0.4 is 0 Å². The number of rotatable bonds is 1. The number of carbonyl (C=O) groups is 1. The minimum absolute atomic E-state index is 0.149. The first-order valence-corrected chi connectivity index (χ1v) is 5.32. The Bertz CT molecular complexity index is 189. The highest BCUT2D eigenvalue weighted by Gasteiger charge is 2.27. The number of carbonyl (C=O) groups excluding carboxylic acids is 1. The maximum atomic E-state index is 11.7. The highest BCUT2D eigenvalue weighted by molar-refractivity contribution is 5.78. The van der Waals surface area contributed by atoms with Gasteiger partial charge in [-0.2, -0.15) is 0 Å². The molecule has 1 amide bonds. The molecule has 1 aliphatic rings. The Morgan fingerprint density at radius 1 is 1.38 bits per heavy atom. The van der Waals surface area contributed by atoms with Gasteiger partial charge >= 0.3 is 0 Å². The molecule has 0 radical (unpaired) electrons. The van der Waals surface area contributed by atoms with Gasteiger partial charge in [-0.3, -0.25) is 4.79 Å². The van der Waals surface area contributed by atoms with Gasteiger partial charge in [-0.25, -0.2) is 0 Å². The molecule has 2 nitrogen and oxygen atoms in total. The van der Waals surface area contributed by atoms with Crippen molar-refractivity contribution in [1.82, 2.24) is 4.90 Å². The van der Waals surface area contributed by atoms with Crippen molar-refractivity contribution in [2.45, 2.75) is 46.6 Å². The Labute approximate surface area is 81.3 Å². The van der Waals surface area contributed by atoms with Crippen molar-refractivity contribution in [2.24, 2.45) is 11.8 Å². The second-order valence-electron chi connectivity index (χ2n) is 4.66. The van der Waals surface area contributed by atoms with Gasteiger partial charge in [-0.15, -0.1) is 0 Å². The Balaban J connectivity index is 2.56. The smallest absolute Gasteiger partial charge is 0.225 e. The molecule has 0 aromatic heterocycles. The van der Waals surface area contributed by atoms with Crippen LogP contribution in [-0.4, -0.2) is 23.4 Å². The van der Waals surface area contributed by atoms with Crippen LogP contribution in [0.15, 0.2) is 0 Å². The van der Waals surface area contributed by atoms with E-state index >= 15 is 0 Å². The van der Waals surface area contributed by atoms with Gasteiger partial charge in [0.25, 0.3) is 0 Å². The van der Waals surface area contributed by atoms with Gasteiger partial charge in [0.05, 0.1) is 0 Å². The Kier molecular flexibility index (Phi) is 3.34. The van der Waals surface area contributed by atoms with Crippen LogP contribution in [0.2, 0.25) is 0 Å².